The maximum atomic E-state index is 6.62. The molecular weight excluding hydrogens is 669 g/mol. The summed E-state index contributed by atoms with van der Waals surface area (Å²) < 4.78 is 8.85. The number of hydrogen-bond donors (Lipinski definition) is 0. The van der Waals surface area contributed by atoms with E-state index in [9.17, 15) is 0 Å². The Morgan fingerprint density at radius 1 is 0.418 bits per heavy atom. The van der Waals surface area contributed by atoms with Crippen LogP contribution in [0.1, 0.15) is 50.3 Å². The van der Waals surface area contributed by atoms with Gasteiger partial charge in [0.25, 0.3) is 0 Å². The zero-order chi connectivity index (χ0) is 36.0. The van der Waals surface area contributed by atoms with Crippen molar-refractivity contribution in [3.63, 3.8) is 0 Å². The molecule has 0 fully saturated rings. The van der Waals surface area contributed by atoms with Crippen LogP contribution < -0.4 is 4.74 Å². The van der Waals surface area contributed by atoms with E-state index in [2.05, 4.69) is 175 Å². The van der Waals surface area contributed by atoms with Crippen molar-refractivity contribution in [3.8, 4) is 50.6 Å². The normalized spacial score (nSPS) is 15.1. The van der Waals surface area contributed by atoms with Gasteiger partial charge in [-0.1, -0.05) is 146 Å². The maximum Gasteiger partial charge on any atom is 0.153 e. The number of hydrogen-bond acceptors (Lipinski definition) is 2. The smallest absolute Gasteiger partial charge is 0.153 e. The first-order valence-corrected chi connectivity index (χ1v) is 19.1. The van der Waals surface area contributed by atoms with Crippen molar-refractivity contribution in [2.75, 3.05) is 0 Å². The molecular formula is C52H32N2O. The van der Waals surface area contributed by atoms with Crippen LogP contribution in [0.15, 0.2) is 176 Å². The summed E-state index contributed by atoms with van der Waals surface area (Å²) in [5, 5.41) is 0. The third-order valence-corrected chi connectivity index (χ3v) is 13.0. The van der Waals surface area contributed by atoms with E-state index in [1.807, 2.05) is 12.1 Å². The number of nitrogens with zero attached hydrogens (tertiary/aromatic N) is 2. The van der Waals surface area contributed by atoms with Crippen molar-refractivity contribution < 1.29 is 4.74 Å². The van der Waals surface area contributed by atoms with Crippen molar-refractivity contribution in [2.24, 2.45) is 0 Å². The Balaban J connectivity index is 1.09. The predicted molar refractivity (Wildman–Crippen MR) is 219 cm³/mol. The monoisotopic (exact) mass is 700 g/mol. The molecule has 0 atom stereocenters. The lowest BCUT2D eigenvalue weighted by Crippen LogP contribution is -2.43. The molecule has 0 amide bonds. The van der Waals surface area contributed by atoms with Crippen LogP contribution in [0.3, 0.4) is 0 Å². The molecule has 2 heterocycles. The highest BCUT2D eigenvalue weighted by molar-refractivity contribution is 5.95. The number of para-hydroxylation sites is 1. The van der Waals surface area contributed by atoms with Gasteiger partial charge < -0.3 is 4.74 Å². The molecule has 2 spiro atoms. The molecule has 0 N–H and O–H groups in total. The van der Waals surface area contributed by atoms with Crippen LogP contribution in [0, 0.1) is 6.92 Å². The summed E-state index contributed by atoms with van der Waals surface area (Å²) in [5.74, 6) is 2.63. The standard InChI is InChI=1S/C52H32N2O/c1-31-53-46-23-12-24-48-50(46)54(31)47-28-26-33(30-49(47)55-48)32-25-27-37-36-15-4-7-18-40(36)52(45(37)29-32)43-21-10-8-19-41(43)51(42-20-9-11-22-44(42)52)38-16-5-2-13-34(38)35-14-3-6-17-39(35)51/h2-30H,1H3. The number of imidazole rings is 1. The minimum absolute atomic E-state index is 0.454. The van der Waals surface area contributed by atoms with E-state index in [0.717, 1.165) is 45.2 Å². The summed E-state index contributed by atoms with van der Waals surface area (Å²) in [7, 11) is 0. The van der Waals surface area contributed by atoms with Crippen LogP contribution >= 0.6 is 0 Å². The van der Waals surface area contributed by atoms with Crippen LogP contribution in [-0.4, -0.2) is 9.55 Å². The Morgan fingerprint density at radius 2 is 0.891 bits per heavy atom. The van der Waals surface area contributed by atoms with E-state index in [1.165, 1.54) is 66.8 Å². The van der Waals surface area contributed by atoms with E-state index in [1.54, 1.807) is 0 Å². The summed E-state index contributed by atoms with van der Waals surface area (Å²) in [6.07, 6.45) is 0. The molecule has 0 bridgehead atoms. The van der Waals surface area contributed by atoms with Crippen molar-refractivity contribution in [3.05, 3.63) is 226 Å². The van der Waals surface area contributed by atoms with Crippen LogP contribution in [0.4, 0.5) is 0 Å². The number of aromatic nitrogens is 2. The molecule has 9 aromatic rings. The van der Waals surface area contributed by atoms with Gasteiger partial charge in [0.15, 0.2) is 11.5 Å². The fourth-order valence-corrected chi connectivity index (χ4v) is 11.1. The Hall–Kier alpha value is -6.97. The first kappa shape index (κ1) is 29.5. The SMILES string of the molecule is Cc1nc2cccc3c2n1-c1ccc(-c2ccc4c(c2)C2(c5ccccc5-4)c4ccccc4C4(c5ccccc5-c5ccccc54)c4ccccc42)cc1O3. The lowest BCUT2D eigenvalue weighted by Gasteiger charge is -2.48. The second-order valence-electron chi connectivity index (χ2n) is 15.4. The lowest BCUT2D eigenvalue weighted by atomic mass is 9.52. The molecule has 13 rings (SSSR count). The second kappa shape index (κ2) is 10.2. The summed E-state index contributed by atoms with van der Waals surface area (Å²) in [4.78, 5) is 4.84. The largest absolute Gasteiger partial charge is 0.453 e. The molecule has 0 unspecified atom stereocenters. The Kier molecular flexibility index (Phi) is 5.45. The fourth-order valence-electron chi connectivity index (χ4n) is 11.1. The summed E-state index contributed by atoms with van der Waals surface area (Å²) in [6.45, 7) is 2.07. The van der Waals surface area contributed by atoms with Crippen LogP contribution in [0.25, 0.3) is 50.1 Å². The van der Waals surface area contributed by atoms with Gasteiger partial charge in [0.05, 0.1) is 22.0 Å². The zero-order valence-electron chi connectivity index (χ0n) is 30.0. The Bertz CT molecular complexity index is 3070. The van der Waals surface area contributed by atoms with E-state index >= 15 is 0 Å². The number of fused-ring (bicyclic) bond motifs is 18. The molecule has 4 aliphatic rings. The van der Waals surface area contributed by atoms with Crippen LogP contribution in [0.5, 0.6) is 11.5 Å². The van der Waals surface area contributed by atoms with E-state index in [-0.39, 0.29) is 0 Å². The van der Waals surface area contributed by atoms with Crippen molar-refractivity contribution in [1.82, 2.24) is 9.55 Å². The molecule has 0 radical (unpaired) electrons. The van der Waals surface area contributed by atoms with Gasteiger partial charge in [-0.15, -0.1) is 0 Å². The average molecular weight is 701 g/mol. The van der Waals surface area contributed by atoms with E-state index in [0.29, 0.717) is 0 Å². The van der Waals surface area contributed by atoms with E-state index < -0.39 is 10.8 Å². The minimum Gasteiger partial charge on any atom is -0.453 e. The quantitative estimate of drug-likeness (QED) is 0.170. The first-order chi connectivity index (χ1) is 27.2. The third kappa shape index (κ3) is 3.38. The van der Waals surface area contributed by atoms with Gasteiger partial charge in [0.2, 0.25) is 0 Å². The molecule has 0 saturated carbocycles. The van der Waals surface area contributed by atoms with Gasteiger partial charge in [-0.2, -0.15) is 0 Å². The molecule has 3 aliphatic carbocycles. The number of ether oxygens (including phenoxy) is 1. The molecule has 8 aromatic carbocycles. The number of aryl methyl sites for hydroxylation is 1. The molecule has 1 aromatic heterocycles. The lowest BCUT2D eigenvalue weighted by molar-refractivity contribution is 0.475. The molecule has 1 aliphatic heterocycles. The van der Waals surface area contributed by atoms with Gasteiger partial charge in [-0.25, -0.2) is 4.98 Å². The van der Waals surface area contributed by atoms with Crippen molar-refractivity contribution in [2.45, 2.75) is 17.8 Å². The van der Waals surface area contributed by atoms with Gasteiger partial charge >= 0.3 is 0 Å². The minimum atomic E-state index is -0.532. The maximum absolute atomic E-state index is 6.62. The molecule has 55 heavy (non-hydrogen) atoms. The van der Waals surface area contributed by atoms with E-state index in [4.69, 9.17) is 9.72 Å². The number of benzene rings is 8. The molecule has 256 valence electrons. The van der Waals surface area contributed by atoms with Crippen LogP contribution in [0.2, 0.25) is 0 Å². The van der Waals surface area contributed by atoms with Gasteiger partial charge in [0, 0.05) is 0 Å². The summed E-state index contributed by atoms with van der Waals surface area (Å²) in [5.41, 5.74) is 20.2. The van der Waals surface area contributed by atoms with Gasteiger partial charge in [-0.3, -0.25) is 4.57 Å². The predicted octanol–water partition coefficient (Wildman–Crippen LogP) is 12.1. The zero-order valence-corrected chi connectivity index (χ0v) is 30.0. The summed E-state index contributed by atoms with van der Waals surface area (Å²) in [6, 6.07) is 65.7. The highest BCUT2D eigenvalue weighted by Crippen LogP contribution is 2.67. The van der Waals surface area contributed by atoms with Crippen molar-refractivity contribution >= 4 is 11.0 Å². The number of rotatable bonds is 1. The molecule has 0 saturated heterocycles. The fraction of sp³-hybridized carbons (Fsp3) is 0.0577. The van der Waals surface area contributed by atoms with Crippen molar-refractivity contribution in [1.29, 1.82) is 0 Å². The van der Waals surface area contributed by atoms with Crippen LogP contribution in [-0.2, 0) is 10.8 Å². The average Bonchev–Trinajstić information content (AvgIpc) is 3.85. The van der Waals surface area contributed by atoms with Gasteiger partial charge in [0.1, 0.15) is 11.3 Å². The molecule has 3 heteroatoms. The highest BCUT2D eigenvalue weighted by Gasteiger charge is 2.58. The summed E-state index contributed by atoms with van der Waals surface area (Å²) >= 11 is 0. The Labute approximate surface area is 318 Å². The second-order valence-corrected chi connectivity index (χ2v) is 15.4. The Morgan fingerprint density at radius 3 is 1.47 bits per heavy atom. The highest BCUT2D eigenvalue weighted by atomic mass is 16.5. The topological polar surface area (TPSA) is 27.1 Å². The third-order valence-electron chi connectivity index (χ3n) is 13.0. The van der Waals surface area contributed by atoms with Gasteiger partial charge in [-0.05, 0) is 115 Å². The molecule has 3 nitrogen and oxygen atoms in total. The first-order valence-electron chi connectivity index (χ1n) is 19.1.